The van der Waals surface area contributed by atoms with E-state index in [9.17, 15) is 0 Å². The van der Waals surface area contributed by atoms with Crippen molar-refractivity contribution in [2.45, 2.75) is 26.3 Å². The zero-order chi connectivity index (χ0) is 24.5. The zero-order valence-electron chi connectivity index (χ0n) is 20.5. The van der Waals surface area contributed by atoms with Crippen LogP contribution in [-0.2, 0) is 6.54 Å². The molecule has 1 saturated heterocycles. The predicted octanol–water partition coefficient (Wildman–Crippen LogP) is 5.96. The number of fused-ring (bicyclic) bond motifs is 1. The molecule has 2 aromatic carbocycles. The van der Waals surface area contributed by atoms with Crippen LogP contribution in [0.5, 0.6) is 0 Å². The number of imidazole rings is 1. The Kier molecular flexibility index (Phi) is 5.95. The maximum absolute atomic E-state index is 6.29. The number of likely N-dealkylation sites (tertiary alicyclic amines) is 1. The summed E-state index contributed by atoms with van der Waals surface area (Å²) < 4.78 is 2.10. The van der Waals surface area contributed by atoms with E-state index >= 15 is 0 Å². The number of hydrogen-bond acceptors (Lipinski definition) is 5. The molecule has 1 aliphatic rings. The second-order valence-corrected chi connectivity index (χ2v) is 9.58. The van der Waals surface area contributed by atoms with Gasteiger partial charge in [-0.05, 0) is 60.8 Å². The van der Waals surface area contributed by atoms with Crippen LogP contribution in [0.1, 0.15) is 25.3 Å². The monoisotopic (exact) mass is 474 g/mol. The summed E-state index contributed by atoms with van der Waals surface area (Å²) in [6.07, 6.45) is 4.27. The molecule has 1 aliphatic heterocycles. The SMILES string of the molecule is CCC1CCN(Cc2ccc(-n3c(-c4cccnc4N)nc4ccc(-c5ccccc5)nc43)cc2)C1. The first kappa shape index (κ1) is 22.4. The molecule has 180 valence electrons. The first-order valence-electron chi connectivity index (χ1n) is 12.7. The van der Waals surface area contributed by atoms with Crippen LogP contribution < -0.4 is 5.73 Å². The van der Waals surface area contributed by atoms with Crippen molar-refractivity contribution >= 4 is 17.0 Å². The van der Waals surface area contributed by atoms with Crippen molar-refractivity contribution in [2.24, 2.45) is 5.92 Å². The molecule has 5 aromatic rings. The summed E-state index contributed by atoms with van der Waals surface area (Å²) in [5, 5.41) is 0. The highest BCUT2D eigenvalue weighted by Crippen LogP contribution is 2.32. The summed E-state index contributed by atoms with van der Waals surface area (Å²) >= 11 is 0. The maximum atomic E-state index is 6.29. The quantitative estimate of drug-likeness (QED) is 0.329. The highest BCUT2D eigenvalue weighted by Gasteiger charge is 2.21. The summed E-state index contributed by atoms with van der Waals surface area (Å²) in [5.74, 6) is 2.03. The number of pyridine rings is 2. The Morgan fingerprint density at radius 3 is 2.50 bits per heavy atom. The number of rotatable bonds is 6. The average Bonchev–Trinajstić information content (AvgIpc) is 3.54. The van der Waals surface area contributed by atoms with Crippen LogP contribution in [0.3, 0.4) is 0 Å². The summed E-state index contributed by atoms with van der Waals surface area (Å²) in [7, 11) is 0. The lowest BCUT2D eigenvalue weighted by atomic mass is 10.1. The lowest BCUT2D eigenvalue weighted by molar-refractivity contribution is 0.315. The van der Waals surface area contributed by atoms with Crippen LogP contribution in [0.2, 0.25) is 0 Å². The van der Waals surface area contributed by atoms with Crippen LogP contribution in [0, 0.1) is 5.92 Å². The van der Waals surface area contributed by atoms with Crippen LogP contribution in [0.4, 0.5) is 5.82 Å². The van der Waals surface area contributed by atoms with Gasteiger partial charge >= 0.3 is 0 Å². The van der Waals surface area contributed by atoms with Crippen molar-refractivity contribution in [3.63, 3.8) is 0 Å². The molecular formula is C30H30N6. The Hall–Kier alpha value is -4.03. The number of aromatic nitrogens is 4. The topological polar surface area (TPSA) is 72.9 Å². The van der Waals surface area contributed by atoms with Gasteiger partial charge in [-0.3, -0.25) is 9.47 Å². The van der Waals surface area contributed by atoms with E-state index < -0.39 is 0 Å². The lowest BCUT2D eigenvalue weighted by Gasteiger charge is -2.16. The Bertz CT molecular complexity index is 1490. The van der Waals surface area contributed by atoms with E-state index in [1.807, 2.05) is 42.5 Å². The third kappa shape index (κ3) is 4.25. The van der Waals surface area contributed by atoms with Crippen molar-refractivity contribution in [2.75, 3.05) is 18.8 Å². The molecule has 0 aliphatic carbocycles. The molecule has 3 aromatic heterocycles. The molecule has 4 heterocycles. The lowest BCUT2D eigenvalue weighted by Crippen LogP contribution is -2.19. The third-order valence-electron chi connectivity index (χ3n) is 7.20. The van der Waals surface area contributed by atoms with Crippen LogP contribution in [0.15, 0.2) is 85.1 Å². The summed E-state index contributed by atoms with van der Waals surface area (Å²) in [4.78, 5) is 16.9. The largest absolute Gasteiger partial charge is 0.383 e. The van der Waals surface area contributed by atoms with Gasteiger partial charge in [-0.15, -0.1) is 0 Å². The number of nitrogen functional groups attached to an aromatic ring is 1. The van der Waals surface area contributed by atoms with E-state index in [1.54, 1.807) is 6.20 Å². The Labute approximate surface area is 211 Å². The van der Waals surface area contributed by atoms with Gasteiger partial charge in [0.2, 0.25) is 0 Å². The van der Waals surface area contributed by atoms with Crippen LogP contribution in [-0.4, -0.2) is 37.5 Å². The number of anilines is 1. The fourth-order valence-corrected chi connectivity index (χ4v) is 5.16. The first-order chi connectivity index (χ1) is 17.7. The number of nitrogens with two attached hydrogens (primary N) is 1. The number of nitrogens with zero attached hydrogens (tertiary/aromatic N) is 5. The molecule has 0 radical (unpaired) electrons. The molecule has 0 spiro atoms. The maximum Gasteiger partial charge on any atom is 0.165 e. The summed E-state index contributed by atoms with van der Waals surface area (Å²) in [5.41, 5.74) is 13.0. The summed E-state index contributed by atoms with van der Waals surface area (Å²) in [6.45, 7) is 5.66. The smallest absolute Gasteiger partial charge is 0.165 e. The molecule has 6 heteroatoms. The predicted molar refractivity (Wildman–Crippen MR) is 146 cm³/mol. The fourth-order valence-electron chi connectivity index (χ4n) is 5.16. The van der Waals surface area contributed by atoms with Gasteiger partial charge in [-0.2, -0.15) is 0 Å². The van der Waals surface area contributed by atoms with Crippen LogP contribution >= 0.6 is 0 Å². The van der Waals surface area contributed by atoms with Gasteiger partial charge in [0, 0.05) is 30.5 Å². The second kappa shape index (κ2) is 9.55. The van der Waals surface area contributed by atoms with Gasteiger partial charge in [0.05, 0.1) is 11.3 Å². The molecule has 1 fully saturated rings. The molecule has 6 rings (SSSR count). The van der Waals surface area contributed by atoms with Crippen molar-refractivity contribution in [3.8, 4) is 28.3 Å². The van der Waals surface area contributed by atoms with Crippen LogP contribution in [0.25, 0.3) is 39.5 Å². The van der Waals surface area contributed by atoms with Crippen molar-refractivity contribution in [1.82, 2.24) is 24.4 Å². The van der Waals surface area contributed by atoms with Crippen molar-refractivity contribution < 1.29 is 0 Å². The highest BCUT2D eigenvalue weighted by atomic mass is 15.1. The third-order valence-corrected chi connectivity index (χ3v) is 7.20. The molecule has 0 saturated carbocycles. The number of benzene rings is 2. The Morgan fingerprint density at radius 2 is 1.75 bits per heavy atom. The highest BCUT2D eigenvalue weighted by molar-refractivity contribution is 5.84. The molecular weight excluding hydrogens is 444 g/mol. The Morgan fingerprint density at radius 1 is 0.917 bits per heavy atom. The Balaban J connectivity index is 1.43. The fraction of sp³-hybridized carbons (Fsp3) is 0.233. The molecule has 6 nitrogen and oxygen atoms in total. The minimum atomic E-state index is 0.452. The molecule has 0 amide bonds. The van der Waals surface area contributed by atoms with Gasteiger partial charge in [0.1, 0.15) is 11.3 Å². The van der Waals surface area contributed by atoms with E-state index in [1.165, 1.54) is 31.5 Å². The van der Waals surface area contributed by atoms with Gasteiger partial charge in [-0.25, -0.2) is 15.0 Å². The molecule has 2 N–H and O–H groups in total. The minimum absolute atomic E-state index is 0.452. The van der Waals surface area contributed by atoms with E-state index in [0.29, 0.717) is 5.82 Å². The van der Waals surface area contributed by atoms with Gasteiger partial charge in [0.15, 0.2) is 11.5 Å². The van der Waals surface area contributed by atoms with Gasteiger partial charge < -0.3 is 5.73 Å². The standard InChI is InChI=1S/C30H30N6/c1-2-21-16-18-35(19-21)20-22-10-12-24(13-11-22)36-29(25-9-6-17-32-28(25)31)34-27-15-14-26(33-30(27)36)23-7-4-3-5-8-23/h3-15,17,21H,2,16,18-20H2,1H3,(H2,31,32). The molecule has 1 atom stereocenters. The zero-order valence-corrected chi connectivity index (χ0v) is 20.5. The van der Waals surface area contributed by atoms with E-state index in [-0.39, 0.29) is 0 Å². The number of hydrogen-bond donors (Lipinski definition) is 1. The van der Waals surface area contributed by atoms with Gasteiger partial charge in [0.25, 0.3) is 0 Å². The second-order valence-electron chi connectivity index (χ2n) is 9.58. The van der Waals surface area contributed by atoms with E-state index in [0.717, 1.165) is 52.0 Å². The van der Waals surface area contributed by atoms with Crippen molar-refractivity contribution in [3.05, 3.63) is 90.6 Å². The normalized spacial score (nSPS) is 16.1. The van der Waals surface area contributed by atoms with E-state index in [4.69, 9.17) is 15.7 Å². The molecule has 1 unspecified atom stereocenters. The first-order valence-corrected chi connectivity index (χ1v) is 12.7. The molecule has 36 heavy (non-hydrogen) atoms. The van der Waals surface area contributed by atoms with Crippen molar-refractivity contribution in [1.29, 1.82) is 0 Å². The average molecular weight is 475 g/mol. The van der Waals surface area contributed by atoms with E-state index in [2.05, 4.69) is 57.8 Å². The molecule has 0 bridgehead atoms. The van der Waals surface area contributed by atoms with Gasteiger partial charge in [-0.1, -0.05) is 55.8 Å². The summed E-state index contributed by atoms with van der Waals surface area (Å²) in [6, 6.07) is 26.9. The minimum Gasteiger partial charge on any atom is -0.383 e.